The number of ether oxygens (including phenoxy) is 1. The van der Waals surface area contributed by atoms with Gasteiger partial charge >= 0.3 is 6.09 Å². The van der Waals surface area contributed by atoms with Crippen molar-refractivity contribution in [1.29, 1.82) is 0 Å². The van der Waals surface area contributed by atoms with Gasteiger partial charge < -0.3 is 9.64 Å². The molecular weight excluding hydrogens is 615 g/mol. The minimum atomic E-state index is -3.86. The molecule has 0 radical (unpaired) electrons. The SMILES string of the molecule is CCOC(=O)N1CCN(S(=O)(=O)c2ccc(C(=O)N(Cc3cccnc3)c3nc4ccc(S(C)(=O)=O)cc4s3)cc2)CC1. The maximum absolute atomic E-state index is 13.8. The van der Waals surface area contributed by atoms with Crippen LogP contribution in [0.25, 0.3) is 10.2 Å². The molecule has 0 N–H and O–H groups in total. The van der Waals surface area contributed by atoms with Gasteiger partial charge in [-0.2, -0.15) is 4.31 Å². The molecule has 1 aliphatic rings. The van der Waals surface area contributed by atoms with E-state index in [1.54, 1.807) is 31.5 Å². The fourth-order valence-corrected chi connectivity index (χ4v) is 7.69. The fourth-order valence-electron chi connectivity index (χ4n) is 4.54. The molecule has 2 amide bonds. The normalized spacial score (nSPS) is 14.5. The molecule has 2 aromatic carbocycles. The van der Waals surface area contributed by atoms with Crippen LogP contribution in [0.5, 0.6) is 0 Å². The summed E-state index contributed by atoms with van der Waals surface area (Å²) >= 11 is 1.18. The molecule has 0 unspecified atom stereocenters. The first-order valence-corrected chi connectivity index (χ1v) is 17.5. The van der Waals surface area contributed by atoms with Gasteiger partial charge in [-0.1, -0.05) is 17.4 Å². The van der Waals surface area contributed by atoms with Crippen LogP contribution in [-0.4, -0.2) is 87.1 Å². The van der Waals surface area contributed by atoms with Gasteiger partial charge in [0.25, 0.3) is 5.91 Å². The minimum absolute atomic E-state index is 0.0285. The highest BCUT2D eigenvalue weighted by Gasteiger charge is 2.31. The highest BCUT2D eigenvalue weighted by Crippen LogP contribution is 2.32. The van der Waals surface area contributed by atoms with E-state index in [-0.39, 0.29) is 54.7 Å². The van der Waals surface area contributed by atoms with Gasteiger partial charge in [0.1, 0.15) is 0 Å². The lowest BCUT2D eigenvalue weighted by Crippen LogP contribution is -2.50. The molecule has 12 nitrogen and oxygen atoms in total. The summed E-state index contributed by atoms with van der Waals surface area (Å²) in [7, 11) is -7.29. The van der Waals surface area contributed by atoms with Crippen molar-refractivity contribution in [3.05, 3.63) is 78.1 Å². The molecule has 0 saturated carbocycles. The zero-order valence-electron chi connectivity index (χ0n) is 23.4. The monoisotopic (exact) mass is 643 g/mol. The molecule has 0 bridgehead atoms. The number of sulfonamides is 1. The second-order valence-electron chi connectivity index (χ2n) is 9.77. The average Bonchev–Trinajstić information content (AvgIpc) is 3.43. The van der Waals surface area contributed by atoms with Crippen molar-refractivity contribution < 1.29 is 31.2 Å². The number of nitrogens with zero attached hydrogens (tertiary/aromatic N) is 5. The number of hydrogen-bond acceptors (Lipinski definition) is 10. The smallest absolute Gasteiger partial charge is 0.409 e. The van der Waals surface area contributed by atoms with Gasteiger partial charge in [-0.15, -0.1) is 0 Å². The van der Waals surface area contributed by atoms with Crippen molar-refractivity contribution in [3.8, 4) is 0 Å². The van der Waals surface area contributed by atoms with E-state index < -0.39 is 31.9 Å². The highest BCUT2D eigenvalue weighted by molar-refractivity contribution is 7.90. The third-order valence-electron chi connectivity index (χ3n) is 6.82. The topological polar surface area (TPSA) is 147 Å². The number of hydrogen-bond donors (Lipinski definition) is 0. The van der Waals surface area contributed by atoms with Gasteiger partial charge in [0.15, 0.2) is 15.0 Å². The van der Waals surface area contributed by atoms with Crippen LogP contribution in [0.2, 0.25) is 0 Å². The molecule has 226 valence electrons. The lowest BCUT2D eigenvalue weighted by Gasteiger charge is -2.33. The summed E-state index contributed by atoms with van der Waals surface area (Å²) in [6, 6.07) is 13.9. The Hall–Kier alpha value is -3.92. The molecule has 1 aliphatic heterocycles. The molecule has 43 heavy (non-hydrogen) atoms. The van der Waals surface area contributed by atoms with Crippen LogP contribution in [0.1, 0.15) is 22.8 Å². The van der Waals surface area contributed by atoms with Crippen LogP contribution >= 0.6 is 11.3 Å². The average molecular weight is 644 g/mol. The Balaban J connectivity index is 1.40. The first-order valence-electron chi connectivity index (χ1n) is 13.3. The second kappa shape index (κ2) is 12.4. The number of anilines is 1. The van der Waals surface area contributed by atoms with Crippen LogP contribution in [0, 0.1) is 0 Å². The molecule has 1 fully saturated rings. The Morgan fingerprint density at radius 3 is 2.30 bits per heavy atom. The number of thiazole rings is 1. The van der Waals surface area contributed by atoms with Crippen LogP contribution in [-0.2, 0) is 31.1 Å². The lowest BCUT2D eigenvalue weighted by atomic mass is 10.2. The number of carbonyl (C=O) groups is 2. The quantitative estimate of drug-likeness (QED) is 0.282. The number of rotatable bonds is 8. The Morgan fingerprint density at radius 2 is 1.67 bits per heavy atom. The van der Waals surface area contributed by atoms with Crippen molar-refractivity contribution in [3.63, 3.8) is 0 Å². The second-order valence-corrected chi connectivity index (χ2v) is 14.7. The Bertz CT molecular complexity index is 1850. The summed E-state index contributed by atoms with van der Waals surface area (Å²) in [5.74, 6) is -0.418. The van der Waals surface area contributed by atoms with E-state index in [9.17, 15) is 26.4 Å². The number of benzene rings is 2. The van der Waals surface area contributed by atoms with Gasteiger partial charge in [-0.05, 0) is 61.0 Å². The molecule has 3 heterocycles. The summed E-state index contributed by atoms with van der Waals surface area (Å²) in [5.41, 5.74) is 1.53. The van der Waals surface area contributed by atoms with Gasteiger partial charge in [0, 0.05) is 50.4 Å². The Morgan fingerprint density at radius 1 is 0.977 bits per heavy atom. The summed E-state index contributed by atoms with van der Waals surface area (Å²) in [4.78, 5) is 37.6. The number of aromatic nitrogens is 2. The van der Waals surface area contributed by atoms with Crippen molar-refractivity contribution in [1.82, 2.24) is 19.2 Å². The summed E-state index contributed by atoms with van der Waals surface area (Å²) < 4.78 is 57.6. The third-order valence-corrected chi connectivity index (χ3v) is 10.9. The maximum Gasteiger partial charge on any atom is 0.409 e. The van der Waals surface area contributed by atoms with Gasteiger partial charge in [0.05, 0.1) is 33.2 Å². The van der Waals surface area contributed by atoms with E-state index in [2.05, 4.69) is 9.97 Å². The molecule has 0 atom stereocenters. The molecule has 2 aromatic heterocycles. The van der Waals surface area contributed by atoms with Crippen molar-refractivity contribution >= 4 is 58.5 Å². The minimum Gasteiger partial charge on any atom is -0.450 e. The van der Waals surface area contributed by atoms with E-state index >= 15 is 0 Å². The highest BCUT2D eigenvalue weighted by atomic mass is 32.2. The first kappa shape index (κ1) is 30.5. The number of pyridine rings is 1. The molecule has 15 heteroatoms. The third kappa shape index (κ3) is 6.69. The van der Waals surface area contributed by atoms with E-state index in [0.29, 0.717) is 15.3 Å². The first-order chi connectivity index (χ1) is 20.5. The maximum atomic E-state index is 13.8. The van der Waals surface area contributed by atoms with Crippen LogP contribution in [0.3, 0.4) is 0 Å². The molecule has 1 saturated heterocycles. The van der Waals surface area contributed by atoms with Crippen LogP contribution in [0.4, 0.5) is 9.93 Å². The van der Waals surface area contributed by atoms with Crippen LogP contribution < -0.4 is 4.90 Å². The van der Waals surface area contributed by atoms with Crippen LogP contribution in [0.15, 0.2) is 76.8 Å². The number of piperazine rings is 1. The van der Waals surface area contributed by atoms with Crippen molar-refractivity contribution in [2.75, 3.05) is 43.9 Å². The Labute approximate surface area is 253 Å². The number of sulfone groups is 1. The van der Waals surface area contributed by atoms with E-state index in [1.807, 2.05) is 6.07 Å². The Kier molecular flexibility index (Phi) is 8.78. The summed E-state index contributed by atoms with van der Waals surface area (Å²) in [6.45, 7) is 2.76. The van der Waals surface area contributed by atoms with Gasteiger partial charge in [0.2, 0.25) is 10.0 Å². The number of carbonyl (C=O) groups excluding carboxylic acids is 2. The summed E-state index contributed by atoms with van der Waals surface area (Å²) in [5, 5.41) is 0.352. The zero-order chi connectivity index (χ0) is 30.8. The van der Waals surface area contributed by atoms with Gasteiger partial charge in [-0.3, -0.25) is 14.7 Å². The molecule has 4 aromatic rings. The van der Waals surface area contributed by atoms with Crippen molar-refractivity contribution in [2.45, 2.75) is 23.3 Å². The molecule has 5 rings (SSSR count). The number of fused-ring (bicyclic) bond motifs is 1. The van der Waals surface area contributed by atoms with E-state index in [0.717, 1.165) is 11.8 Å². The zero-order valence-corrected chi connectivity index (χ0v) is 25.9. The van der Waals surface area contributed by atoms with Crippen molar-refractivity contribution in [2.24, 2.45) is 0 Å². The van der Waals surface area contributed by atoms with Gasteiger partial charge in [-0.25, -0.2) is 26.6 Å². The van der Waals surface area contributed by atoms with E-state index in [4.69, 9.17) is 4.74 Å². The summed E-state index contributed by atoms with van der Waals surface area (Å²) in [6.07, 6.45) is 3.91. The van der Waals surface area contributed by atoms with E-state index in [1.165, 1.54) is 61.8 Å². The molecule has 0 spiro atoms. The predicted molar refractivity (Wildman–Crippen MR) is 161 cm³/mol. The largest absolute Gasteiger partial charge is 0.450 e. The fraction of sp³-hybridized carbons (Fsp3) is 0.286. The number of amides is 2. The predicted octanol–water partition coefficient (Wildman–Crippen LogP) is 3.40. The standard InChI is InChI=1S/C28H29N5O7S3/c1-3-40-28(35)31-13-15-32(16-14-31)43(38,39)22-8-6-21(7-9-22)26(34)33(19-20-5-4-12-29-18-20)27-30-24-11-10-23(42(2,36)37)17-25(24)41-27/h4-12,17-18H,3,13-16,19H2,1-2H3. The molecule has 0 aliphatic carbocycles. The molecular formula is C28H29N5O7S3. The lowest BCUT2D eigenvalue weighted by molar-refractivity contribution is 0.0933.